The normalized spacial score (nSPS) is 16.3. The molecule has 0 atom stereocenters. The van der Waals surface area contributed by atoms with Crippen LogP contribution >= 0.6 is 11.8 Å². The highest BCUT2D eigenvalue weighted by Crippen LogP contribution is 2.22. The van der Waals surface area contributed by atoms with E-state index in [9.17, 15) is 13.2 Å². The number of benzene rings is 2. The third-order valence-electron chi connectivity index (χ3n) is 3.08. The van der Waals surface area contributed by atoms with Gasteiger partial charge in [0.1, 0.15) is 4.90 Å². The summed E-state index contributed by atoms with van der Waals surface area (Å²) in [4.78, 5) is 11.1. The SMILES string of the molecule is O=C1CS/C(=N\N=Cc2ccccc2OS(=O)(=O)c2ccccc2)N1. The van der Waals surface area contributed by atoms with Gasteiger partial charge in [-0.05, 0) is 24.3 Å². The molecule has 25 heavy (non-hydrogen) atoms. The maximum Gasteiger partial charge on any atom is 0.339 e. The van der Waals surface area contributed by atoms with Crippen LogP contribution in [0.5, 0.6) is 5.75 Å². The van der Waals surface area contributed by atoms with E-state index >= 15 is 0 Å². The molecule has 7 nitrogen and oxygen atoms in total. The minimum atomic E-state index is -3.94. The molecule has 2 aromatic rings. The van der Waals surface area contributed by atoms with Crippen molar-refractivity contribution in [3.63, 3.8) is 0 Å². The third kappa shape index (κ3) is 4.46. The quantitative estimate of drug-likeness (QED) is 0.490. The number of thioether (sulfide) groups is 1. The van der Waals surface area contributed by atoms with Crippen LogP contribution in [0.3, 0.4) is 0 Å². The molecule has 1 N–H and O–H groups in total. The fourth-order valence-corrected chi connectivity index (χ4v) is 3.54. The minimum absolute atomic E-state index is 0.0621. The highest BCUT2D eigenvalue weighted by atomic mass is 32.2. The van der Waals surface area contributed by atoms with E-state index in [0.717, 1.165) is 0 Å². The molecular formula is C16H13N3O4S2. The van der Waals surface area contributed by atoms with Crippen molar-refractivity contribution >= 4 is 39.2 Å². The average Bonchev–Trinajstić information content (AvgIpc) is 3.02. The van der Waals surface area contributed by atoms with Crippen LogP contribution in [0.2, 0.25) is 0 Å². The van der Waals surface area contributed by atoms with Crippen molar-refractivity contribution in [3.05, 3.63) is 60.2 Å². The molecule has 1 amide bonds. The first-order valence-corrected chi connectivity index (χ1v) is 9.56. The van der Waals surface area contributed by atoms with Crippen LogP contribution in [0.1, 0.15) is 5.56 Å². The fraction of sp³-hybridized carbons (Fsp3) is 0.0625. The van der Waals surface area contributed by atoms with Gasteiger partial charge >= 0.3 is 10.1 Å². The van der Waals surface area contributed by atoms with Gasteiger partial charge in [0, 0.05) is 5.56 Å². The van der Waals surface area contributed by atoms with Crippen molar-refractivity contribution in [1.82, 2.24) is 5.32 Å². The number of amides is 1. The van der Waals surface area contributed by atoms with Gasteiger partial charge in [0.2, 0.25) is 5.91 Å². The van der Waals surface area contributed by atoms with E-state index in [0.29, 0.717) is 16.5 Å². The molecule has 0 saturated carbocycles. The summed E-state index contributed by atoms with van der Waals surface area (Å²) in [6.45, 7) is 0. The van der Waals surface area contributed by atoms with Gasteiger partial charge in [0.05, 0.1) is 12.0 Å². The Kier molecular flexibility index (Phi) is 5.15. The first kappa shape index (κ1) is 17.2. The first-order chi connectivity index (χ1) is 12.0. The molecule has 1 saturated heterocycles. The Morgan fingerprint density at radius 1 is 1.08 bits per heavy atom. The molecule has 1 heterocycles. The number of para-hydroxylation sites is 1. The lowest BCUT2D eigenvalue weighted by Crippen LogP contribution is -2.19. The summed E-state index contributed by atoms with van der Waals surface area (Å²) < 4.78 is 29.9. The zero-order valence-corrected chi connectivity index (χ0v) is 14.5. The lowest BCUT2D eigenvalue weighted by molar-refractivity contribution is -0.116. The van der Waals surface area contributed by atoms with Crippen LogP contribution in [-0.2, 0) is 14.9 Å². The highest BCUT2D eigenvalue weighted by Gasteiger charge is 2.18. The number of nitrogens with zero attached hydrogens (tertiary/aromatic N) is 2. The van der Waals surface area contributed by atoms with Gasteiger partial charge in [-0.25, -0.2) is 0 Å². The topological polar surface area (TPSA) is 97.2 Å². The Morgan fingerprint density at radius 2 is 1.80 bits per heavy atom. The van der Waals surface area contributed by atoms with Crippen molar-refractivity contribution in [1.29, 1.82) is 0 Å². The van der Waals surface area contributed by atoms with Gasteiger partial charge in [-0.3, -0.25) is 4.79 Å². The molecule has 0 aliphatic carbocycles. The second kappa shape index (κ2) is 7.49. The van der Waals surface area contributed by atoms with Gasteiger partial charge in [-0.2, -0.15) is 13.5 Å². The lowest BCUT2D eigenvalue weighted by atomic mass is 10.2. The lowest BCUT2D eigenvalue weighted by Gasteiger charge is -2.08. The predicted molar refractivity (Wildman–Crippen MR) is 96.3 cm³/mol. The van der Waals surface area contributed by atoms with Gasteiger partial charge in [-0.1, -0.05) is 42.1 Å². The molecule has 0 bridgehead atoms. The number of amidine groups is 1. The van der Waals surface area contributed by atoms with Crippen LogP contribution < -0.4 is 9.50 Å². The molecule has 1 fully saturated rings. The van der Waals surface area contributed by atoms with Crippen molar-refractivity contribution in [2.45, 2.75) is 4.90 Å². The maximum atomic E-state index is 12.3. The molecule has 0 unspecified atom stereocenters. The van der Waals surface area contributed by atoms with E-state index in [1.165, 1.54) is 36.2 Å². The minimum Gasteiger partial charge on any atom is -0.378 e. The van der Waals surface area contributed by atoms with E-state index in [1.54, 1.807) is 36.4 Å². The van der Waals surface area contributed by atoms with E-state index in [1.807, 2.05) is 0 Å². The van der Waals surface area contributed by atoms with Crippen molar-refractivity contribution in [2.75, 3.05) is 5.75 Å². The molecule has 1 aliphatic rings. The van der Waals surface area contributed by atoms with Gasteiger partial charge in [-0.15, -0.1) is 5.10 Å². The van der Waals surface area contributed by atoms with Crippen LogP contribution in [0.15, 0.2) is 69.7 Å². The number of hydrogen-bond acceptors (Lipinski definition) is 7. The van der Waals surface area contributed by atoms with Crippen LogP contribution in [0.25, 0.3) is 0 Å². The van der Waals surface area contributed by atoms with E-state index in [-0.39, 0.29) is 16.6 Å². The van der Waals surface area contributed by atoms with E-state index < -0.39 is 10.1 Å². The van der Waals surface area contributed by atoms with Crippen molar-refractivity contribution < 1.29 is 17.4 Å². The standard InChI is InChI=1S/C16H13N3O4S2/c20-15-11-24-16(18-15)19-17-10-12-6-4-5-9-14(12)23-25(21,22)13-7-2-1-3-8-13/h1-10H,11H2,(H,18,19,20). The summed E-state index contributed by atoms with van der Waals surface area (Å²) in [7, 11) is -3.94. The molecule has 128 valence electrons. The summed E-state index contributed by atoms with van der Waals surface area (Å²) >= 11 is 1.25. The summed E-state index contributed by atoms with van der Waals surface area (Å²) in [6, 6.07) is 14.4. The third-order valence-corrected chi connectivity index (χ3v) is 5.19. The molecular weight excluding hydrogens is 362 g/mol. The summed E-state index contributed by atoms with van der Waals surface area (Å²) in [5.41, 5.74) is 0.445. The first-order valence-electron chi connectivity index (χ1n) is 7.17. The number of rotatable bonds is 5. The zero-order chi connectivity index (χ0) is 17.7. The Hall–Kier alpha value is -2.65. The summed E-state index contributed by atoms with van der Waals surface area (Å²) in [5, 5.41) is 10.7. The van der Waals surface area contributed by atoms with Crippen LogP contribution in [0.4, 0.5) is 0 Å². The molecule has 3 rings (SSSR count). The largest absolute Gasteiger partial charge is 0.378 e. The maximum absolute atomic E-state index is 12.3. The highest BCUT2D eigenvalue weighted by molar-refractivity contribution is 8.15. The monoisotopic (exact) mass is 375 g/mol. The van der Waals surface area contributed by atoms with Crippen LogP contribution in [-0.4, -0.2) is 31.5 Å². The van der Waals surface area contributed by atoms with Gasteiger partial charge in [0.25, 0.3) is 0 Å². The predicted octanol–water partition coefficient (Wildman–Crippen LogP) is 2.01. The second-order valence-electron chi connectivity index (χ2n) is 4.87. The Bertz CT molecular complexity index is 941. The summed E-state index contributed by atoms with van der Waals surface area (Å²) in [6.07, 6.45) is 1.37. The van der Waals surface area contributed by atoms with Gasteiger partial charge in [0.15, 0.2) is 10.9 Å². The number of carbonyl (C=O) groups excluding carboxylic acids is 1. The zero-order valence-electron chi connectivity index (χ0n) is 12.8. The van der Waals surface area contributed by atoms with Crippen molar-refractivity contribution in [3.8, 4) is 5.75 Å². The van der Waals surface area contributed by atoms with Crippen molar-refractivity contribution in [2.24, 2.45) is 10.2 Å². The Morgan fingerprint density at radius 3 is 2.52 bits per heavy atom. The van der Waals surface area contributed by atoms with Gasteiger partial charge < -0.3 is 9.50 Å². The van der Waals surface area contributed by atoms with E-state index in [4.69, 9.17) is 4.18 Å². The van der Waals surface area contributed by atoms with E-state index in [2.05, 4.69) is 15.5 Å². The second-order valence-corrected chi connectivity index (χ2v) is 7.39. The smallest absolute Gasteiger partial charge is 0.339 e. The molecule has 2 aromatic carbocycles. The molecule has 0 aromatic heterocycles. The molecule has 9 heteroatoms. The van der Waals surface area contributed by atoms with Crippen LogP contribution in [0, 0.1) is 0 Å². The average molecular weight is 375 g/mol. The molecule has 0 radical (unpaired) electrons. The number of nitrogens with one attached hydrogen (secondary N) is 1. The fourth-order valence-electron chi connectivity index (χ4n) is 1.94. The molecule has 1 aliphatic heterocycles. The Labute approximate surface area is 148 Å². The molecule has 0 spiro atoms. The number of hydrogen-bond donors (Lipinski definition) is 1. The summed E-state index contributed by atoms with van der Waals surface area (Å²) in [5.74, 6) is 0.318. The number of carbonyl (C=O) groups is 1. The Balaban J connectivity index is 1.81.